The van der Waals surface area contributed by atoms with Crippen LogP contribution in [0, 0.1) is 3.57 Å². The highest BCUT2D eigenvalue weighted by molar-refractivity contribution is 14.1. The molecule has 8 heteroatoms. The summed E-state index contributed by atoms with van der Waals surface area (Å²) in [5.41, 5.74) is -0.0942. The number of benzene rings is 1. The molecule has 0 amide bonds. The Balaban J connectivity index is 1.97. The van der Waals surface area contributed by atoms with Crippen LogP contribution in [0.4, 0.5) is 24.8 Å². The van der Waals surface area contributed by atoms with E-state index in [9.17, 15) is 13.2 Å². The van der Waals surface area contributed by atoms with Gasteiger partial charge in [-0.1, -0.05) is 12.5 Å². The molecule has 0 N–H and O–H groups in total. The van der Waals surface area contributed by atoms with Gasteiger partial charge in [-0.05, 0) is 73.4 Å². The van der Waals surface area contributed by atoms with Crippen molar-refractivity contribution in [2.45, 2.75) is 51.3 Å². The number of rotatable bonds is 5. The summed E-state index contributed by atoms with van der Waals surface area (Å²) in [6.45, 7) is 2.43. The molecule has 0 atom stereocenters. The SMILES string of the molecule is CCN(c1cccc(I)c1)c1ncc(C(F)(F)F)c(OC2CCCCC2)n1. The maximum atomic E-state index is 13.4. The van der Waals surface area contributed by atoms with Crippen molar-refractivity contribution in [1.29, 1.82) is 0 Å². The number of hydrogen-bond donors (Lipinski definition) is 0. The summed E-state index contributed by atoms with van der Waals surface area (Å²) in [6.07, 6.45) is 0.586. The molecule has 1 aromatic heterocycles. The fourth-order valence-electron chi connectivity index (χ4n) is 3.20. The molecule has 1 aromatic carbocycles. The van der Waals surface area contributed by atoms with Crippen molar-refractivity contribution in [3.63, 3.8) is 0 Å². The van der Waals surface area contributed by atoms with Crippen LogP contribution in [-0.2, 0) is 6.18 Å². The molecule has 4 nitrogen and oxygen atoms in total. The molecule has 1 aliphatic carbocycles. The minimum absolute atomic E-state index is 0.207. The Labute approximate surface area is 170 Å². The summed E-state index contributed by atoms with van der Waals surface area (Å²) in [5, 5.41) is 0. The molecule has 146 valence electrons. The maximum absolute atomic E-state index is 13.4. The predicted molar refractivity (Wildman–Crippen MR) is 106 cm³/mol. The van der Waals surface area contributed by atoms with E-state index in [1.54, 1.807) is 4.90 Å². The topological polar surface area (TPSA) is 38.2 Å². The smallest absolute Gasteiger partial charge is 0.423 e. The van der Waals surface area contributed by atoms with Gasteiger partial charge in [0.15, 0.2) is 0 Å². The molecule has 1 heterocycles. The summed E-state index contributed by atoms with van der Waals surface area (Å²) in [7, 11) is 0. The second-order valence-electron chi connectivity index (χ2n) is 6.49. The average Bonchev–Trinajstić information content (AvgIpc) is 2.62. The standard InChI is InChI=1S/C19H21F3IN3O/c1-2-26(14-8-6-7-13(23)11-14)18-24-12-16(19(20,21)22)17(25-18)27-15-9-4-3-5-10-15/h6-8,11-12,15H,2-5,9-10H2,1H3. The molecular weight excluding hydrogens is 470 g/mol. The highest BCUT2D eigenvalue weighted by Crippen LogP contribution is 2.37. The van der Waals surface area contributed by atoms with Crippen LogP contribution in [0.3, 0.4) is 0 Å². The van der Waals surface area contributed by atoms with Crippen LogP contribution in [0.15, 0.2) is 30.5 Å². The number of hydrogen-bond acceptors (Lipinski definition) is 4. The zero-order chi connectivity index (χ0) is 19.4. The van der Waals surface area contributed by atoms with Crippen molar-refractivity contribution >= 4 is 34.2 Å². The van der Waals surface area contributed by atoms with E-state index in [2.05, 4.69) is 32.6 Å². The number of nitrogens with zero attached hydrogens (tertiary/aromatic N) is 3. The predicted octanol–water partition coefficient (Wildman–Crippen LogP) is 5.97. The van der Waals surface area contributed by atoms with Gasteiger partial charge in [-0.3, -0.25) is 0 Å². The molecule has 0 saturated heterocycles. The number of halogens is 4. The summed E-state index contributed by atoms with van der Waals surface area (Å²) >= 11 is 2.19. The van der Waals surface area contributed by atoms with Gasteiger partial charge < -0.3 is 9.64 Å². The largest absolute Gasteiger partial charge is 0.474 e. The van der Waals surface area contributed by atoms with Crippen molar-refractivity contribution in [3.8, 4) is 5.88 Å². The Kier molecular flexibility index (Phi) is 6.44. The van der Waals surface area contributed by atoms with Gasteiger partial charge in [0, 0.05) is 22.0 Å². The van der Waals surface area contributed by atoms with Crippen molar-refractivity contribution in [2.75, 3.05) is 11.4 Å². The van der Waals surface area contributed by atoms with Crippen LogP contribution in [0.25, 0.3) is 0 Å². The third-order valence-corrected chi connectivity index (χ3v) is 5.23. The van der Waals surface area contributed by atoms with Crippen molar-refractivity contribution in [2.24, 2.45) is 0 Å². The zero-order valence-corrected chi connectivity index (χ0v) is 17.1. The zero-order valence-electron chi connectivity index (χ0n) is 15.0. The van der Waals surface area contributed by atoms with Gasteiger partial charge in [-0.2, -0.15) is 18.2 Å². The minimum Gasteiger partial charge on any atom is -0.474 e. The van der Waals surface area contributed by atoms with Crippen LogP contribution in [-0.4, -0.2) is 22.6 Å². The third kappa shape index (κ3) is 5.03. The fraction of sp³-hybridized carbons (Fsp3) is 0.474. The van der Waals surface area contributed by atoms with Crippen LogP contribution in [0.2, 0.25) is 0 Å². The Morgan fingerprint density at radius 2 is 1.96 bits per heavy atom. The van der Waals surface area contributed by atoms with E-state index in [0.29, 0.717) is 6.54 Å². The lowest BCUT2D eigenvalue weighted by molar-refractivity contribution is -0.140. The Morgan fingerprint density at radius 3 is 2.59 bits per heavy atom. The average molecular weight is 491 g/mol. The Morgan fingerprint density at radius 1 is 1.22 bits per heavy atom. The van der Waals surface area contributed by atoms with Crippen molar-refractivity contribution in [3.05, 3.63) is 39.6 Å². The number of anilines is 2. The minimum atomic E-state index is -4.55. The summed E-state index contributed by atoms with van der Waals surface area (Å²) in [5.74, 6) is -0.165. The first kappa shape index (κ1) is 20.2. The molecule has 0 radical (unpaired) electrons. The first-order valence-electron chi connectivity index (χ1n) is 9.02. The number of aromatic nitrogens is 2. The normalized spacial score (nSPS) is 15.6. The van der Waals surface area contributed by atoms with Gasteiger partial charge in [0.05, 0.1) is 0 Å². The lowest BCUT2D eigenvalue weighted by atomic mass is 9.98. The summed E-state index contributed by atoms with van der Waals surface area (Å²) in [6, 6.07) is 7.66. The Bertz CT molecular complexity index is 779. The van der Waals surface area contributed by atoms with E-state index in [1.807, 2.05) is 31.2 Å². The monoisotopic (exact) mass is 491 g/mol. The van der Waals surface area contributed by atoms with Gasteiger partial charge in [0.1, 0.15) is 11.7 Å². The second-order valence-corrected chi connectivity index (χ2v) is 7.73. The first-order chi connectivity index (χ1) is 12.9. The lowest BCUT2D eigenvalue weighted by Crippen LogP contribution is -2.24. The molecule has 3 rings (SSSR count). The van der Waals surface area contributed by atoms with Gasteiger partial charge in [-0.25, -0.2) is 4.98 Å². The molecule has 0 spiro atoms. The molecule has 1 saturated carbocycles. The van der Waals surface area contributed by atoms with Crippen LogP contribution in [0.1, 0.15) is 44.6 Å². The third-order valence-electron chi connectivity index (χ3n) is 4.55. The number of ether oxygens (including phenoxy) is 1. The van der Waals surface area contributed by atoms with E-state index < -0.39 is 11.7 Å². The van der Waals surface area contributed by atoms with Gasteiger partial charge in [0.25, 0.3) is 0 Å². The van der Waals surface area contributed by atoms with Crippen molar-refractivity contribution in [1.82, 2.24) is 9.97 Å². The molecule has 2 aromatic rings. The van der Waals surface area contributed by atoms with E-state index in [0.717, 1.165) is 47.6 Å². The molecule has 27 heavy (non-hydrogen) atoms. The molecule has 0 aliphatic heterocycles. The quantitative estimate of drug-likeness (QED) is 0.484. The van der Waals surface area contributed by atoms with E-state index >= 15 is 0 Å². The fourth-order valence-corrected chi connectivity index (χ4v) is 3.72. The number of alkyl halides is 3. The molecule has 0 unspecified atom stereocenters. The van der Waals surface area contributed by atoms with E-state index in [4.69, 9.17) is 4.74 Å². The summed E-state index contributed by atoms with van der Waals surface area (Å²) in [4.78, 5) is 9.94. The van der Waals surface area contributed by atoms with Crippen LogP contribution < -0.4 is 9.64 Å². The molecular formula is C19H21F3IN3O. The highest BCUT2D eigenvalue weighted by atomic mass is 127. The molecule has 0 bridgehead atoms. The second kappa shape index (κ2) is 8.62. The van der Waals surface area contributed by atoms with Crippen LogP contribution in [0.5, 0.6) is 5.88 Å². The molecule has 1 aliphatic rings. The van der Waals surface area contributed by atoms with Crippen molar-refractivity contribution < 1.29 is 17.9 Å². The van der Waals surface area contributed by atoms with Gasteiger partial charge in [-0.15, -0.1) is 0 Å². The van der Waals surface area contributed by atoms with E-state index in [-0.39, 0.29) is 17.9 Å². The first-order valence-corrected chi connectivity index (χ1v) is 10.1. The Hall–Kier alpha value is -1.58. The summed E-state index contributed by atoms with van der Waals surface area (Å²) < 4.78 is 47.0. The van der Waals surface area contributed by atoms with Gasteiger partial charge in [0.2, 0.25) is 11.8 Å². The highest BCUT2D eigenvalue weighted by Gasteiger charge is 2.37. The van der Waals surface area contributed by atoms with Gasteiger partial charge >= 0.3 is 6.18 Å². The van der Waals surface area contributed by atoms with E-state index in [1.165, 1.54) is 0 Å². The lowest BCUT2D eigenvalue weighted by Gasteiger charge is -2.26. The molecule has 1 fully saturated rings. The maximum Gasteiger partial charge on any atom is 0.423 e. The van der Waals surface area contributed by atoms with Crippen LogP contribution >= 0.6 is 22.6 Å².